The molecule has 0 bridgehead atoms. The van der Waals surface area contributed by atoms with E-state index in [0.29, 0.717) is 12.2 Å². The molecular formula is C17H17N3O. The van der Waals surface area contributed by atoms with E-state index in [0.717, 1.165) is 27.7 Å². The first-order valence-electron chi connectivity index (χ1n) is 6.92. The Bertz CT molecular complexity index is 787. The molecule has 0 atom stereocenters. The van der Waals surface area contributed by atoms with Crippen molar-refractivity contribution in [3.05, 3.63) is 59.4 Å². The molecule has 4 heteroatoms. The highest BCUT2D eigenvalue weighted by Gasteiger charge is 2.12. The quantitative estimate of drug-likeness (QED) is 0.772. The number of aromatic amines is 1. The number of aromatic nitrogens is 2. The van der Waals surface area contributed by atoms with Crippen molar-refractivity contribution in [3.8, 4) is 0 Å². The lowest BCUT2D eigenvalue weighted by Gasteiger charge is -2.05. The van der Waals surface area contributed by atoms with Gasteiger partial charge in [-0.3, -0.25) is 4.79 Å². The average Bonchev–Trinajstić information content (AvgIpc) is 2.78. The van der Waals surface area contributed by atoms with Crippen molar-refractivity contribution in [1.82, 2.24) is 9.97 Å². The van der Waals surface area contributed by atoms with Crippen LogP contribution in [0.5, 0.6) is 0 Å². The molecule has 3 rings (SSSR count). The number of para-hydroxylation sites is 1. The summed E-state index contributed by atoms with van der Waals surface area (Å²) < 4.78 is 0. The Kier molecular flexibility index (Phi) is 3.44. The van der Waals surface area contributed by atoms with E-state index in [9.17, 15) is 4.79 Å². The maximum atomic E-state index is 12.2. The van der Waals surface area contributed by atoms with E-state index in [-0.39, 0.29) is 5.91 Å². The van der Waals surface area contributed by atoms with Gasteiger partial charge in [0.15, 0.2) is 0 Å². The smallest absolute Gasteiger partial charge is 0.230 e. The zero-order chi connectivity index (χ0) is 14.8. The largest absolute Gasteiger partial charge is 0.358 e. The molecule has 4 nitrogen and oxygen atoms in total. The summed E-state index contributed by atoms with van der Waals surface area (Å²) in [5.41, 5.74) is 4.20. The van der Waals surface area contributed by atoms with Crippen molar-refractivity contribution in [2.24, 2.45) is 0 Å². The average molecular weight is 279 g/mol. The van der Waals surface area contributed by atoms with E-state index < -0.39 is 0 Å². The summed E-state index contributed by atoms with van der Waals surface area (Å²) >= 11 is 0. The second-order valence-corrected chi connectivity index (χ2v) is 5.22. The summed E-state index contributed by atoms with van der Waals surface area (Å²) in [5, 5.41) is 3.93. The number of pyridine rings is 1. The Morgan fingerprint density at radius 2 is 2.00 bits per heavy atom. The predicted molar refractivity (Wildman–Crippen MR) is 84.3 cm³/mol. The molecule has 0 unspecified atom stereocenters. The van der Waals surface area contributed by atoms with Crippen molar-refractivity contribution >= 4 is 22.6 Å². The van der Waals surface area contributed by atoms with Gasteiger partial charge in [0.1, 0.15) is 5.82 Å². The number of anilines is 1. The van der Waals surface area contributed by atoms with E-state index >= 15 is 0 Å². The fourth-order valence-corrected chi connectivity index (χ4v) is 2.45. The van der Waals surface area contributed by atoms with Gasteiger partial charge in [0.05, 0.1) is 6.42 Å². The molecule has 1 amide bonds. The zero-order valence-corrected chi connectivity index (χ0v) is 12.1. The molecule has 0 fully saturated rings. The lowest BCUT2D eigenvalue weighted by molar-refractivity contribution is -0.115. The lowest BCUT2D eigenvalue weighted by Crippen LogP contribution is -2.15. The number of amides is 1. The Balaban J connectivity index is 1.80. The molecule has 2 N–H and O–H groups in total. The van der Waals surface area contributed by atoms with Crippen molar-refractivity contribution in [3.63, 3.8) is 0 Å². The minimum absolute atomic E-state index is 0.0563. The third-order valence-corrected chi connectivity index (χ3v) is 3.54. The van der Waals surface area contributed by atoms with Crippen LogP contribution in [0.15, 0.2) is 42.6 Å². The fraction of sp³-hybridized carbons (Fsp3) is 0.176. The maximum absolute atomic E-state index is 12.2. The number of fused-ring (bicyclic) bond motifs is 1. The molecular weight excluding hydrogens is 262 g/mol. The number of aryl methyl sites for hydroxylation is 2. The summed E-state index contributed by atoms with van der Waals surface area (Å²) in [4.78, 5) is 19.7. The predicted octanol–water partition coefficient (Wildman–Crippen LogP) is 3.36. The topological polar surface area (TPSA) is 57.8 Å². The molecule has 21 heavy (non-hydrogen) atoms. The van der Waals surface area contributed by atoms with Crippen LogP contribution in [-0.4, -0.2) is 15.9 Å². The van der Waals surface area contributed by atoms with Crippen LogP contribution in [0, 0.1) is 13.8 Å². The molecule has 2 aromatic heterocycles. The monoisotopic (exact) mass is 279 g/mol. The van der Waals surface area contributed by atoms with E-state index in [2.05, 4.69) is 15.3 Å². The van der Waals surface area contributed by atoms with Crippen LogP contribution in [-0.2, 0) is 11.2 Å². The zero-order valence-electron chi connectivity index (χ0n) is 12.1. The highest BCUT2D eigenvalue weighted by molar-refractivity contribution is 5.95. The van der Waals surface area contributed by atoms with Crippen LogP contribution in [0.25, 0.3) is 10.9 Å². The minimum atomic E-state index is -0.0563. The lowest BCUT2D eigenvalue weighted by atomic mass is 10.1. The summed E-state index contributed by atoms with van der Waals surface area (Å²) in [6, 6.07) is 11.8. The van der Waals surface area contributed by atoms with Gasteiger partial charge in [0.2, 0.25) is 5.91 Å². The van der Waals surface area contributed by atoms with Crippen LogP contribution in [0.2, 0.25) is 0 Å². The number of H-pyrrole nitrogens is 1. The van der Waals surface area contributed by atoms with Crippen LogP contribution >= 0.6 is 0 Å². The molecule has 3 aromatic rings. The Hall–Kier alpha value is -2.62. The first-order chi connectivity index (χ1) is 10.1. The first kappa shape index (κ1) is 13.4. The van der Waals surface area contributed by atoms with Gasteiger partial charge in [0.25, 0.3) is 0 Å². The molecule has 0 aliphatic heterocycles. The van der Waals surface area contributed by atoms with E-state index in [1.54, 1.807) is 6.20 Å². The number of rotatable bonds is 3. The number of hydrogen-bond acceptors (Lipinski definition) is 2. The van der Waals surface area contributed by atoms with Gasteiger partial charge in [-0.25, -0.2) is 4.98 Å². The molecule has 0 saturated carbocycles. The molecule has 0 aliphatic carbocycles. The summed E-state index contributed by atoms with van der Waals surface area (Å²) in [6.45, 7) is 3.96. The normalized spacial score (nSPS) is 10.8. The van der Waals surface area contributed by atoms with Crippen LogP contribution in [0.3, 0.4) is 0 Å². The maximum Gasteiger partial charge on any atom is 0.230 e. The summed E-state index contributed by atoms with van der Waals surface area (Å²) in [5.74, 6) is 0.530. The van der Waals surface area contributed by atoms with E-state index in [4.69, 9.17) is 0 Å². The van der Waals surface area contributed by atoms with Gasteiger partial charge in [-0.15, -0.1) is 0 Å². The van der Waals surface area contributed by atoms with Crippen molar-refractivity contribution in [1.29, 1.82) is 0 Å². The highest BCUT2D eigenvalue weighted by atomic mass is 16.1. The standard InChI is InChI=1S/C17H17N3O/c1-11-7-8-16(18-10-11)20-17(21)9-14-12(2)19-15-6-4-3-5-13(14)15/h3-8,10,19H,9H2,1-2H3,(H,18,20,21). The highest BCUT2D eigenvalue weighted by Crippen LogP contribution is 2.22. The van der Waals surface area contributed by atoms with Gasteiger partial charge < -0.3 is 10.3 Å². The van der Waals surface area contributed by atoms with Crippen molar-refractivity contribution < 1.29 is 4.79 Å². The Morgan fingerprint density at radius 1 is 1.19 bits per heavy atom. The van der Waals surface area contributed by atoms with Crippen molar-refractivity contribution in [2.45, 2.75) is 20.3 Å². The van der Waals surface area contributed by atoms with Crippen molar-refractivity contribution in [2.75, 3.05) is 5.32 Å². The van der Waals surface area contributed by atoms with E-state index in [1.807, 2.05) is 50.2 Å². The molecule has 106 valence electrons. The van der Waals surface area contributed by atoms with Gasteiger partial charge in [-0.2, -0.15) is 0 Å². The number of benzene rings is 1. The number of carbonyl (C=O) groups is 1. The number of carbonyl (C=O) groups excluding carboxylic acids is 1. The molecule has 0 radical (unpaired) electrons. The second-order valence-electron chi connectivity index (χ2n) is 5.22. The van der Waals surface area contributed by atoms with E-state index in [1.165, 1.54) is 0 Å². The van der Waals surface area contributed by atoms with Gasteiger partial charge in [-0.1, -0.05) is 24.3 Å². The molecule has 0 spiro atoms. The molecule has 0 saturated heterocycles. The van der Waals surface area contributed by atoms with Crippen LogP contribution in [0.4, 0.5) is 5.82 Å². The number of nitrogens with one attached hydrogen (secondary N) is 2. The molecule has 1 aromatic carbocycles. The van der Waals surface area contributed by atoms with Gasteiger partial charge in [0, 0.05) is 22.8 Å². The molecule has 2 heterocycles. The summed E-state index contributed by atoms with van der Waals surface area (Å²) in [7, 11) is 0. The van der Waals surface area contributed by atoms with Gasteiger partial charge >= 0.3 is 0 Å². The SMILES string of the molecule is Cc1ccc(NC(=O)Cc2c(C)[nH]c3ccccc23)nc1. The Morgan fingerprint density at radius 3 is 2.76 bits per heavy atom. The summed E-state index contributed by atoms with van der Waals surface area (Å²) in [6.07, 6.45) is 2.08. The second kappa shape index (κ2) is 5.40. The van der Waals surface area contributed by atoms with Crippen LogP contribution < -0.4 is 5.32 Å². The van der Waals surface area contributed by atoms with Crippen LogP contribution in [0.1, 0.15) is 16.8 Å². The molecule has 0 aliphatic rings. The third-order valence-electron chi connectivity index (χ3n) is 3.54. The first-order valence-corrected chi connectivity index (χ1v) is 6.92. The van der Waals surface area contributed by atoms with Gasteiger partial charge in [-0.05, 0) is 37.1 Å². The number of hydrogen-bond donors (Lipinski definition) is 2. The Labute approximate surface area is 123 Å². The number of nitrogens with zero attached hydrogens (tertiary/aromatic N) is 1. The minimum Gasteiger partial charge on any atom is -0.358 e. The fourth-order valence-electron chi connectivity index (χ4n) is 2.45. The third kappa shape index (κ3) is 2.79.